The molecule has 2 heteroatoms. The number of fused-ring (bicyclic) bond motifs is 2. The number of rotatable bonds is 4. The number of hydrogen-bond donors (Lipinski definition) is 1. The summed E-state index contributed by atoms with van der Waals surface area (Å²) in [7, 11) is 0. The first-order valence-electron chi connectivity index (χ1n) is 7.65. The van der Waals surface area contributed by atoms with Crippen molar-refractivity contribution in [3.63, 3.8) is 0 Å². The van der Waals surface area contributed by atoms with Gasteiger partial charge in [-0.15, -0.1) is 0 Å². The first-order chi connectivity index (χ1) is 9.16. The van der Waals surface area contributed by atoms with Crippen LogP contribution in [-0.4, -0.2) is 28.6 Å². The Hall–Kier alpha value is -0.860. The molecular weight excluding hydrogens is 234 g/mol. The Labute approximate surface area is 116 Å². The Kier molecular flexibility index (Phi) is 3.64. The molecule has 1 aromatic carbocycles. The molecule has 1 aliphatic heterocycles. The van der Waals surface area contributed by atoms with Gasteiger partial charge >= 0.3 is 0 Å². The third-order valence-electron chi connectivity index (χ3n) is 4.98. The van der Waals surface area contributed by atoms with Gasteiger partial charge in [0.1, 0.15) is 0 Å². The molecule has 1 aliphatic carbocycles. The molecule has 2 aliphatic rings. The van der Waals surface area contributed by atoms with Gasteiger partial charge in [0.15, 0.2) is 0 Å². The number of benzene rings is 1. The Bertz CT molecular complexity index is 417. The lowest BCUT2D eigenvalue weighted by atomic mass is 9.90. The highest BCUT2D eigenvalue weighted by Gasteiger charge is 2.43. The second-order valence-corrected chi connectivity index (χ2v) is 6.62. The fourth-order valence-electron chi connectivity index (χ4n) is 4.10. The number of likely N-dealkylation sites (tertiary alicyclic amines) is 1. The summed E-state index contributed by atoms with van der Waals surface area (Å²) >= 11 is 0. The number of aliphatic hydroxyl groups excluding tert-OH is 1. The highest BCUT2D eigenvalue weighted by molar-refractivity contribution is 5.19. The Balaban J connectivity index is 1.81. The van der Waals surface area contributed by atoms with Crippen LogP contribution in [0, 0.1) is 11.8 Å². The molecule has 0 amide bonds. The van der Waals surface area contributed by atoms with Gasteiger partial charge in [-0.3, -0.25) is 4.90 Å². The molecule has 3 rings (SSSR count). The zero-order valence-electron chi connectivity index (χ0n) is 12.0. The van der Waals surface area contributed by atoms with Crippen LogP contribution in [0.5, 0.6) is 0 Å². The van der Waals surface area contributed by atoms with Gasteiger partial charge < -0.3 is 5.11 Å². The quantitative estimate of drug-likeness (QED) is 0.897. The molecule has 19 heavy (non-hydrogen) atoms. The number of hydrogen-bond acceptors (Lipinski definition) is 2. The van der Waals surface area contributed by atoms with Crippen molar-refractivity contribution in [3.05, 3.63) is 35.9 Å². The van der Waals surface area contributed by atoms with E-state index in [0.29, 0.717) is 5.92 Å². The lowest BCUT2D eigenvalue weighted by Gasteiger charge is -2.40. The van der Waals surface area contributed by atoms with Gasteiger partial charge in [-0.1, -0.05) is 44.2 Å². The maximum atomic E-state index is 10.8. The Morgan fingerprint density at radius 1 is 1.16 bits per heavy atom. The van der Waals surface area contributed by atoms with Gasteiger partial charge in [-0.2, -0.15) is 0 Å². The molecule has 0 radical (unpaired) electrons. The van der Waals surface area contributed by atoms with Gasteiger partial charge in [0.05, 0.1) is 6.10 Å². The van der Waals surface area contributed by atoms with Crippen molar-refractivity contribution < 1.29 is 5.11 Å². The minimum Gasteiger partial charge on any atom is -0.387 e. The fourth-order valence-corrected chi connectivity index (χ4v) is 4.10. The largest absolute Gasteiger partial charge is 0.387 e. The van der Waals surface area contributed by atoms with E-state index < -0.39 is 0 Å². The number of aliphatic hydroxyl groups is 1. The molecule has 104 valence electrons. The third-order valence-corrected chi connectivity index (χ3v) is 4.98. The van der Waals surface area contributed by atoms with Crippen LogP contribution in [0.15, 0.2) is 30.3 Å². The van der Waals surface area contributed by atoms with Crippen molar-refractivity contribution in [2.45, 2.75) is 51.3 Å². The van der Waals surface area contributed by atoms with Crippen molar-refractivity contribution in [2.75, 3.05) is 6.54 Å². The minimum atomic E-state index is -0.361. The molecular formula is C17H25NO. The normalized spacial score (nSPS) is 29.9. The second-order valence-electron chi connectivity index (χ2n) is 6.62. The summed E-state index contributed by atoms with van der Waals surface area (Å²) in [6.45, 7) is 5.67. The molecule has 4 atom stereocenters. The SMILES string of the molecule is CC(C)C(C(O)c1ccccc1)N1CC2CCC1C2. The molecule has 1 N–H and O–H groups in total. The van der Waals surface area contributed by atoms with Crippen molar-refractivity contribution in [2.24, 2.45) is 11.8 Å². The second kappa shape index (κ2) is 5.26. The molecule has 2 bridgehead atoms. The maximum absolute atomic E-state index is 10.8. The first kappa shape index (κ1) is 13.1. The van der Waals surface area contributed by atoms with Crippen LogP contribution in [-0.2, 0) is 0 Å². The molecule has 2 nitrogen and oxygen atoms in total. The van der Waals surface area contributed by atoms with Gasteiger partial charge in [-0.05, 0) is 36.7 Å². The maximum Gasteiger partial charge on any atom is 0.0947 e. The average Bonchev–Trinajstić information content (AvgIpc) is 3.02. The third kappa shape index (κ3) is 2.44. The Morgan fingerprint density at radius 3 is 2.42 bits per heavy atom. The lowest BCUT2D eigenvalue weighted by Crippen LogP contribution is -2.47. The van der Waals surface area contributed by atoms with Crippen LogP contribution < -0.4 is 0 Å². The van der Waals surface area contributed by atoms with Crippen LogP contribution in [0.2, 0.25) is 0 Å². The molecule has 1 saturated carbocycles. The molecule has 2 fully saturated rings. The summed E-state index contributed by atoms with van der Waals surface area (Å²) in [6.07, 6.45) is 3.72. The summed E-state index contributed by atoms with van der Waals surface area (Å²) in [5, 5.41) is 10.8. The predicted molar refractivity (Wildman–Crippen MR) is 77.9 cm³/mol. The van der Waals surface area contributed by atoms with Crippen LogP contribution in [0.3, 0.4) is 0 Å². The number of nitrogens with zero attached hydrogens (tertiary/aromatic N) is 1. The van der Waals surface area contributed by atoms with Crippen LogP contribution in [0.25, 0.3) is 0 Å². The molecule has 4 unspecified atom stereocenters. The predicted octanol–water partition coefficient (Wildman–Crippen LogP) is 3.23. The minimum absolute atomic E-state index is 0.262. The Morgan fingerprint density at radius 2 is 1.89 bits per heavy atom. The average molecular weight is 259 g/mol. The van der Waals surface area contributed by atoms with E-state index in [2.05, 4.69) is 18.7 Å². The van der Waals surface area contributed by atoms with Gasteiger partial charge in [-0.25, -0.2) is 0 Å². The van der Waals surface area contributed by atoms with E-state index in [-0.39, 0.29) is 12.1 Å². The zero-order chi connectivity index (χ0) is 13.4. The van der Waals surface area contributed by atoms with Crippen LogP contribution in [0.1, 0.15) is 44.8 Å². The topological polar surface area (TPSA) is 23.5 Å². The monoisotopic (exact) mass is 259 g/mol. The molecule has 1 saturated heterocycles. The standard InChI is InChI=1S/C17H25NO/c1-12(2)16(17(19)14-6-4-3-5-7-14)18-11-13-8-9-15(18)10-13/h3-7,12-13,15-17,19H,8-11H2,1-2H3. The molecule has 1 heterocycles. The van der Waals surface area contributed by atoms with Crippen molar-refractivity contribution >= 4 is 0 Å². The highest BCUT2D eigenvalue weighted by Crippen LogP contribution is 2.42. The van der Waals surface area contributed by atoms with E-state index in [1.165, 1.54) is 25.8 Å². The van der Waals surface area contributed by atoms with E-state index in [9.17, 15) is 5.11 Å². The zero-order valence-corrected chi connectivity index (χ0v) is 12.0. The van der Waals surface area contributed by atoms with Gasteiger partial charge in [0, 0.05) is 18.6 Å². The summed E-state index contributed by atoms with van der Waals surface area (Å²) in [4.78, 5) is 2.59. The fraction of sp³-hybridized carbons (Fsp3) is 0.647. The number of piperidine rings is 1. The van der Waals surface area contributed by atoms with Crippen LogP contribution in [0.4, 0.5) is 0 Å². The summed E-state index contributed by atoms with van der Waals surface area (Å²) in [6, 6.07) is 11.1. The highest BCUT2D eigenvalue weighted by atomic mass is 16.3. The van der Waals surface area contributed by atoms with Crippen molar-refractivity contribution in [1.29, 1.82) is 0 Å². The smallest absolute Gasteiger partial charge is 0.0947 e. The van der Waals surface area contributed by atoms with Gasteiger partial charge in [0.2, 0.25) is 0 Å². The summed E-state index contributed by atoms with van der Waals surface area (Å²) in [5.74, 6) is 1.36. The summed E-state index contributed by atoms with van der Waals surface area (Å²) in [5.41, 5.74) is 1.06. The molecule has 1 aromatic rings. The van der Waals surface area contributed by atoms with Gasteiger partial charge in [0.25, 0.3) is 0 Å². The van der Waals surface area contributed by atoms with E-state index in [0.717, 1.165) is 17.5 Å². The van der Waals surface area contributed by atoms with E-state index >= 15 is 0 Å². The van der Waals surface area contributed by atoms with Crippen LogP contribution >= 0.6 is 0 Å². The van der Waals surface area contributed by atoms with E-state index in [4.69, 9.17) is 0 Å². The lowest BCUT2D eigenvalue weighted by molar-refractivity contribution is 0.00595. The summed E-state index contributed by atoms with van der Waals surface area (Å²) < 4.78 is 0. The molecule has 0 aromatic heterocycles. The van der Waals surface area contributed by atoms with E-state index in [1.54, 1.807) is 0 Å². The first-order valence-corrected chi connectivity index (χ1v) is 7.65. The molecule has 0 spiro atoms. The van der Waals surface area contributed by atoms with E-state index in [1.807, 2.05) is 30.3 Å². The van der Waals surface area contributed by atoms with Crippen molar-refractivity contribution in [3.8, 4) is 0 Å². The van der Waals surface area contributed by atoms with Crippen molar-refractivity contribution in [1.82, 2.24) is 4.90 Å².